The van der Waals surface area contributed by atoms with Gasteiger partial charge in [-0.3, -0.25) is 4.79 Å². The van der Waals surface area contributed by atoms with Gasteiger partial charge in [0.2, 0.25) is 0 Å². The summed E-state index contributed by atoms with van der Waals surface area (Å²) in [6, 6.07) is 21.5. The summed E-state index contributed by atoms with van der Waals surface area (Å²) < 4.78 is 5.92. The number of hydrogen-bond acceptors (Lipinski definition) is 3. The van der Waals surface area contributed by atoms with E-state index in [1.165, 1.54) is 0 Å². The molecular formula is C23H19NO2. The maximum atomic E-state index is 13.6. The number of fused-ring (bicyclic) bond motifs is 3. The lowest BCUT2D eigenvalue weighted by Gasteiger charge is -2.15. The topological polar surface area (TPSA) is 38.3 Å². The highest BCUT2D eigenvalue weighted by molar-refractivity contribution is 6.23. The van der Waals surface area contributed by atoms with E-state index in [0.717, 1.165) is 22.0 Å². The van der Waals surface area contributed by atoms with Crippen LogP contribution in [0.1, 0.15) is 15.9 Å². The van der Waals surface area contributed by atoms with Crippen molar-refractivity contribution in [2.75, 3.05) is 13.7 Å². The number of rotatable bonds is 2. The second-order valence-corrected chi connectivity index (χ2v) is 6.25. The van der Waals surface area contributed by atoms with Gasteiger partial charge >= 0.3 is 0 Å². The molecule has 0 atom stereocenters. The minimum absolute atomic E-state index is 0.0625. The predicted molar refractivity (Wildman–Crippen MR) is 105 cm³/mol. The highest BCUT2D eigenvalue weighted by atomic mass is 16.5. The SMILES string of the molecule is C=C1COc2ccc3ccccc3c2C(=O)/C1=C(\NC)c1ccccc1. The third-order valence-corrected chi connectivity index (χ3v) is 4.66. The van der Waals surface area contributed by atoms with Gasteiger partial charge in [0, 0.05) is 7.05 Å². The first kappa shape index (κ1) is 16.2. The predicted octanol–water partition coefficient (Wildman–Crippen LogP) is 4.60. The molecular weight excluding hydrogens is 322 g/mol. The van der Waals surface area contributed by atoms with Crippen molar-refractivity contribution >= 4 is 22.3 Å². The zero-order valence-corrected chi connectivity index (χ0v) is 14.6. The molecule has 0 aromatic heterocycles. The van der Waals surface area contributed by atoms with E-state index in [9.17, 15) is 4.79 Å². The molecule has 128 valence electrons. The van der Waals surface area contributed by atoms with E-state index in [1.54, 1.807) is 0 Å². The third-order valence-electron chi connectivity index (χ3n) is 4.66. The van der Waals surface area contributed by atoms with Crippen LogP contribution in [0.2, 0.25) is 0 Å². The summed E-state index contributed by atoms with van der Waals surface area (Å²) in [7, 11) is 1.83. The van der Waals surface area contributed by atoms with Crippen LogP contribution in [0.15, 0.2) is 84.5 Å². The summed E-state index contributed by atoms with van der Waals surface area (Å²) in [6.07, 6.45) is 0. The molecule has 0 saturated carbocycles. The Hall–Kier alpha value is -3.33. The molecule has 0 saturated heterocycles. The van der Waals surface area contributed by atoms with E-state index in [2.05, 4.69) is 11.9 Å². The summed E-state index contributed by atoms with van der Waals surface area (Å²) in [5, 5.41) is 5.11. The van der Waals surface area contributed by atoms with Gasteiger partial charge in [0.15, 0.2) is 5.78 Å². The molecule has 0 aliphatic carbocycles. The van der Waals surface area contributed by atoms with Crippen molar-refractivity contribution < 1.29 is 9.53 Å². The molecule has 4 rings (SSSR count). The summed E-state index contributed by atoms with van der Waals surface area (Å²) in [5.41, 5.74) is 3.56. The zero-order chi connectivity index (χ0) is 18.1. The Morgan fingerprint density at radius 2 is 1.73 bits per heavy atom. The normalized spacial score (nSPS) is 15.9. The summed E-state index contributed by atoms with van der Waals surface area (Å²) in [5.74, 6) is 0.542. The number of ether oxygens (including phenoxy) is 1. The van der Waals surface area contributed by atoms with Crippen molar-refractivity contribution in [1.82, 2.24) is 5.32 Å². The van der Waals surface area contributed by atoms with Gasteiger partial charge in [-0.25, -0.2) is 0 Å². The van der Waals surface area contributed by atoms with Gasteiger partial charge in [-0.2, -0.15) is 0 Å². The minimum Gasteiger partial charge on any atom is -0.488 e. The lowest BCUT2D eigenvalue weighted by molar-refractivity contribution is 0.103. The number of carbonyl (C=O) groups is 1. The van der Waals surface area contributed by atoms with Crippen LogP contribution in [0.5, 0.6) is 5.75 Å². The number of nitrogens with one attached hydrogen (secondary N) is 1. The van der Waals surface area contributed by atoms with E-state index in [4.69, 9.17) is 4.74 Å². The van der Waals surface area contributed by atoms with Gasteiger partial charge in [-0.1, -0.05) is 67.2 Å². The van der Waals surface area contributed by atoms with Crippen molar-refractivity contribution in [1.29, 1.82) is 0 Å². The van der Waals surface area contributed by atoms with Gasteiger partial charge in [0.1, 0.15) is 12.4 Å². The Labute approximate surface area is 152 Å². The van der Waals surface area contributed by atoms with Gasteiger partial charge in [0.25, 0.3) is 0 Å². The largest absolute Gasteiger partial charge is 0.488 e. The maximum absolute atomic E-state index is 13.6. The van der Waals surface area contributed by atoms with E-state index >= 15 is 0 Å². The van der Waals surface area contributed by atoms with Gasteiger partial charge in [-0.05, 0) is 28.0 Å². The summed E-state index contributed by atoms with van der Waals surface area (Å²) >= 11 is 0. The average molecular weight is 341 g/mol. The lowest BCUT2D eigenvalue weighted by Crippen LogP contribution is -2.15. The Bertz CT molecular complexity index is 1050. The minimum atomic E-state index is -0.0625. The van der Waals surface area contributed by atoms with Crippen LogP contribution in [-0.4, -0.2) is 19.4 Å². The Kier molecular flexibility index (Phi) is 4.05. The van der Waals surface area contributed by atoms with E-state index in [1.807, 2.05) is 73.8 Å². The van der Waals surface area contributed by atoms with Crippen molar-refractivity contribution in [3.05, 3.63) is 95.6 Å². The molecule has 0 fully saturated rings. The molecule has 0 bridgehead atoms. The fourth-order valence-electron chi connectivity index (χ4n) is 3.44. The van der Waals surface area contributed by atoms with Gasteiger partial charge < -0.3 is 10.1 Å². The summed E-state index contributed by atoms with van der Waals surface area (Å²) in [4.78, 5) is 13.6. The molecule has 1 heterocycles. The highest BCUT2D eigenvalue weighted by Gasteiger charge is 2.28. The quantitative estimate of drug-likeness (QED) is 0.692. The van der Waals surface area contributed by atoms with Crippen LogP contribution in [0.25, 0.3) is 16.5 Å². The van der Waals surface area contributed by atoms with Gasteiger partial charge in [-0.15, -0.1) is 0 Å². The van der Waals surface area contributed by atoms with Crippen molar-refractivity contribution in [2.24, 2.45) is 0 Å². The Morgan fingerprint density at radius 1 is 1.00 bits per heavy atom. The molecule has 1 aliphatic heterocycles. The van der Waals surface area contributed by atoms with E-state index < -0.39 is 0 Å². The molecule has 0 unspecified atom stereocenters. The molecule has 0 spiro atoms. The fourth-order valence-corrected chi connectivity index (χ4v) is 3.44. The molecule has 3 heteroatoms. The molecule has 3 aromatic carbocycles. The molecule has 0 radical (unpaired) electrons. The number of Topliss-reactive ketones (excluding diaryl/α,β-unsaturated/α-hetero) is 1. The van der Waals surface area contributed by atoms with Crippen LogP contribution in [0.3, 0.4) is 0 Å². The van der Waals surface area contributed by atoms with E-state index in [0.29, 0.717) is 22.5 Å². The molecule has 0 amide bonds. The first-order chi connectivity index (χ1) is 12.7. The maximum Gasteiger partial charge on any atom is 0.199 e. The fraction of sp³-hybridized carbons (Fsp3) is 0.0870. The van der Waals surface area contributed by atoms with Gasteiger partial charge in [0.05, 0.1) is 16.8 Å². The highest BCUT2D eigenvalue weighted by Crippen LogP contribution is 2.36. The second kappa shape index (κ2) is 6.52. The molecule has 3 aromatic rings. The van der Waals surface area contributed by atoms with Crippen LogP contribution in [0.4, 0.5) is 0 Å². The average Bonchev–Trinajstić information content (AvgIpc) is 2.81. The number of hydrogen-bond donors (Lipinski definition) is 1. The van der Waals surface area contributed by atoms with Crippen molar-refractivity contribution in [2.45, 2.75) is 0 Å². The number of ketones is 1. The monoisotopic (exact) mass is 341 g/mol. The van der Waals surface area contributed by atoms with Crippen molar-refractivity contribution in [3.63, 3.8) is 0 Å². The zero-order valence-electron chi connectivity index (χ0n) is 14.6. The molecule has 1 aliphatic rings. The molecule has 3 nitrogen and oxygen atoms in total. The Balaban J connectivity index is 2.01. The molecule has 26 heavy (non-hydrogen) atoms. The lowest BCUT2D eigenvalue weighted by atomic mass is 9.91. The first-order valence-corrected chi connectivity index (χ1v) is 8.55. The van der Waals surface area contributed by atoms with Crippen LogP contribution in [-0.2, 0) is 0 Å². The smallest absolute Gasteiger partial charge is 0.199 e. The third kappa shape index (κ3) is 2.58. The van der Waals surface area contributed by atoms with Crippen LogP contribution in [0, 0.1) is 0 Å². The molecule has 1 N–H and O–H groups in total. The van der Waals surface area contributed by atoms with Crippen molar-refractivity contribution in [3.8, 4) is 5.75 Å². The second-order valence-electron chi connectivity index (χ2n) is 6.25. The van der Waals surface area contributed by atoms with Crippen LogP contribution < -0.4 is 10.1 Å². The number of benzene rings is 3. The summed E-state index contributed by atoms with van der Waals surface area (Å²) in [6.45, 7) is 4.40. The van der Waals surface area contributed by atoms with E-state index in [-0.39, 0.29) is 12.4 Å². The number of carbonyl (C=O) groups excluding carboxylic acids is 1. The standard InChI is InChI=1S/C23H19NO2/c1-15-14-26-19-13-12-16-8-6-7-11-18(16)21(19)23(25)20(15)22(24-2)17-9-4-3-5-10-17/h3-13,24H,1,14H2,2H3/b22-20-. The Morgan fingerprint density at radius 3 is 2.50 bits per heavy atom. The van der Waals surface area contributed by atoms with Crippen LogP contribution >= 0.6 is 0 Å². The first-order valence-electron chi connectivity index (χ1n) is 8.55.